The topological polar surface area (TPSA) is 66.4 Å². The van der Waals surface area contributed by atoms with Gasteiger partial charge in [-0.1, -0.05) is 41.8 Å². The average Bonchev–Trinajstić information content (AvgIpc) is 2.48. The van der Waals surface area contributed by atoms with E-state index >= 15 is 0 Å². The molecule has 2 aromatic rings. The van der Waals surface area contributed by atoms with Gasteiger partial charge in [0.2, 0.25) is 0 Å². The lowest BCUT2D eigenvalue weighted by Gasteiger charge is -2.07. The molecule has 0 aliphatic rings. The molecule has 0 heterocycles. The molecule has 0 spiro atoms. The second kappa shape index (κ2) is 6.60. The molecule has 0 bridgehead atoms. The van der Waals surface area contributed by atoms with Gasteiger partial charge >= 0.3 is 11.9 Å². The van der Waals surface area contributed by atoms with Crippen molar-refractivity contribution in [2.24, 2.45) is 0 Å². The lowest BCUT2D eigenvalue weighted by molar-refractivity contribution is -0.111. The van der Waals surface area contributed by atoms with Crippen LogP contribution in [0.5, 0.6) is 0 Å². The number of halogens is 1. The third kappa shape index (κ3) is 3.85. The summed E-state index contributed by atoms with van der Waals surface area (Å²) < 4.78 is 0. The monoisotopic (exact) mass is 299 g/mol. The van der Waals surface area contributed by atoms with Crippen molar-refractivity contribution >= 4 is 29.2 Å². The van der Waals surface area contributed by atoms with Crippen LogP contribution < -0.4 is 5.32 Å². The summed E-state index contributed by atoms with van der Waals surface area (Å²) in [4.78, 5) is 22.9. The Morgan fingerprint density at radius 2 is 1.76 bits per heavy atom. The van der Waals surface area contributed by atoms with Crippen LogP contribution in [0.15, 0.2) is 48.5 Å². The fourth-order valence-electron chi connectivity index (χ4n) is 1.62. The minimum absolute atomic E-state index is 0.0408. The Hall–Kier alpha value is -2.77. The smallest absolute Gasteiger partial charge is 0.337 e. The second-order valence-electron chi connectivity index (χ2n) is 4.04. The highest BCUT2D eigenvalue weighted by molar-refractivity contribution is 6.34. The van der Waals surface area contributed by atoms with Crippen molar-refractivity contribution in [3.63, 3.8) is 0 Å². The summed E-state index contributed by atoms with van der Waals surface area (Å²) in [6.45, 7) is 0. The Labute approximate surface area is 126 Å². The standard InChI is InChI=1S/C16H10ClNO3/c17-13-8-4-7-12(16(20)21)15(13)18-14(19)10-9-11-5-2-1-3-6-11/h1-8H,(H,18,19)(H,20,21). The van der Waals surface area contributed by atoms with Crippen LogP contribution in [0.25, 0.3) is 0 Å². The van der Waals surface area contributed by atoms with Crippen LogP contribution in [0.4, 0.5) is 5.69 Å². The van der Waals surface area contributed by atoms with Crippen molar-refractivity contribution in [2.75, 3.05) is 5.32 Å². The second-order valence-corrected chi connectivity index (χ2v) is 4.44. The van der Waals surface area contributed by atoms with Crippen LogP contribution in [0.2, 0.25) is 5.02 Å². The van der Waals surface area contributed by atoms with Gasteiger partial charge in [-0.15, -0.1) is 0 Å². The Morgan fingerprint density at radius 1 is 1.05 bits per heavy atom. The molecule has 0 atom stereocenters. The van der Waals surface area contributed by atoms with E-state index in [0.717, 1.165) is 0 Å². The van der Waals surface area contributed by atoms with Crippen molar-refractivity contribution in [2.45, 2.75) is 0 Å². The van der Waals surface area contributed by atoms with Gasteiger partial charge in [0.25, 0.3) is 0 Å². The van der Waals surface area contributed by atoms with E-state index in [0.29, 0.717) is 5.56 Å². The molecule has 5 heteroatoms. The number of aromatic carboxylic acids is 1. The van der Waals surface area contributed by atoms with Crippen molar-refractivity contribution in [1.29, 1.82) is 0 Å². The van der Waals surface area contributed by atoms with E-state index in [-0.39, 0.29) is 16.3 Å². The van der Waals surface area contributed by atoms with Gasteiger partial charge in [0, 0.05) is 11.5 Å². The number of para-hydroxylation sites is 1. The number of hydrogen-bond acceptors (Lipinski definition) is 2. The average molecular weight is 300 g/mol. The number of carboxylic acid groups (broad SMARTS) is 1. The molecule has 0 aliphatic carbocycles. The van der Waals surface area contributed by atoms with Crippen LogP contribution in [0.3, 0.4) is 0 Å². The molecule has 0 saturated carbocycles. The molecular formula is C16H10ClNO3. The van der Waals surface area contributed by atoms with Crippen molar-refractivity contribution in [3.05, 3.63) is 64.7 Å². The zero-order valence-corrected chi connectivity index (χ0v) is 11.5. The molecule has 0 aromatic heterocycles. The minimum atomic E-state index is -1.18. The largest absolute Gasteiger partial charge is 0.478 e. The van der Waals surface area contributed by atoms with Crippen LogP contribution in [-0.2, 0) is 4.79 Å². The molecule has 0 aliphatic heterocycles. The normalized spacial score (nSPS) is 9.38. The van der Waals surface area contributed by atoms with Gasteiger partial charge in [-0.25, -0.2) is 4.79 Å². The van der Waals surface area contributed by atoms with Gasteiger partial charge in [0.1, 0.15) is 0 Å². The zero-order chi connectivity index (χ0) is 15.2. The maximum absolute atomic E-state index is 11.8. The van der Waals surface area contributed by atoms with Gasteiger partial charge in [-0.05, 0) is 24.3 Å². The van der Waals surface area contributed by atoms with Crippen molar-refractivity contribution < 1.29 is 14.7 Å². The Morgan fingerprint density at radius 3 is 2.43 bits per heavy atom. The fraction of sp³-hybridized carbons (Fsp3) is 0. The Balaban J connectivity index is 2.22. The third-order valence-corrected chi connectivity index (χ3v) is 2.89. The number of carboxylic acids is 1. The zero-order valence-electron chi connectivity index (χ0n) is 10.8. The first kappa shape index (κ1) is 14.6. The fourth-order valence-corrected chi connectivity index (χ4v) is 1.85. The van der Waals surface area contributed by atoms with Gasteiger partial charge in [0.05, 0.1) is 16.3 Å². The molecule has 2 N–H and O–H groups in total. The minimum Gasteiger partial charge on any atom is -0.478 e. The molecule has 4 nitrogen and oxygen atoms in total. The van der Waals surface area contributed by atoms with E-state index in [2.05, 4.69) is 17.2 Å². The van der Waals surface area contributed by atoms with Gasteiger partial charge < -0.3 is 10.4 Å². The number of carbonyl (C=O) groups is 2. The predicted molar refractivity (Wildman–Crippen MR) is 80.4 cm³/mol. The summed E-state index contributed by atoms with van der Waals surface area (Å²) in [6.07, 6.45) is 0. The van der Waals surface area contributed by atoms with E-state index in [1.54, 1.807) is 24.3 Å². The lowest BCUT2D eigenvalue weighted by atomic mass is 10.1. The first-order valence-electron chi connectivity index (χ1n) is 5.98. The quantitative estimate of drug-likeness (QED) is 0.838. The molecule has 2 aromatic carbocycles. The van der Waals surface area contributed by atoms with E-state index in [4.69, 9.17) is 16.7 Å². The Kier molecular flexibility index (Phi) is 4.60. The molecule has 1 amide bonds. The highest BCUT2D eigenvalue weighted by Crippen LogP contribution is 2.25. The molecule has 2 rings (SSSR count). The first-order chi connectivity index (χ1) is 10.1. The van der Waals surface area contributed by atoms with Gasteiger partial charge in [0.15, 0.2) is 0 Å². The van der Waals surface area contributed by atoms with E-state index in [1.165, 1.54) is 18.2 Å². The summed E-state index contributed by atoms with van der Waals surface area (Å²) in [5.74, 6) is 3.26. The summed E-state index contributed by atoms with van der Waals surface area (Å²) in [5, 5.41) is 11.6. The highest BCUT2D eigenvalue weighted by Gasteiger charge is 2.14. The van der Waals surface area contributed by atoms with Gasteiger partial charge in [-0.2, -0.15) is 0 Å². The molecule has 0 radical (unpaired) electrons. The summed E-state index contributed by atoms with van der Waals surface area (Å²) in [6, 6.07) is 13.3. The maximum Gasteiger partial charge on any atom is 0.337 e. The number of anilines is 1. The Bertz CT molecular complexity index is 745. The highest BCUT2D eigenvalue weighted by atomic mass is 35.5. The van der Waals surface area contributed by atoms with Crippen LogP contribution in [0, 0.1) is 11.8 Å². The molecular weight excluding hydrogens is 290 g/mol. The SMILES string of the molecule is O=C(C#Cc1ccccc1)Nc1c(Cl)cccc1C(=O)O. The number of hydrogen-bond donors (Lipinski definition) is 2. The van der Waals surface area contributed by atoms with Crippen LogP contribution in [0.1, 0.15) is 15.9 Å². The number of carbonyl (C=O) groups excluding carboxylic acids is 1. The molecule has 0 unspecified atom stereocenters. The van der Waals surface area contributed by atoms with E-state index < -0.39 is 11.9 Å². The third-order valence-electron chi connectivity index (χ3n) is 2.58. The number of benzene rings is 2. The summed E-state index contributed by atoms with van der Waals surface area (Å²) >= 11 is 5.91. The van der Waals surface area contributed by atoms with Crippen molar-refractivity contribution in [1.82, 2.24) is 0 Å². The number of nitrogens with one attached hydrogen (secondary N) is 1. The predicted octanol–water partition coefficient (Wildman–Crippen LogP) is 3.03. The van der Waals surface area contributed by atoms with Crippen LogP contribution >= 0.6 is 11.6 Å². The number of amides is 1. The summed E-state index contributed by atoms with van der Waals surface area (Å²) in [7, 11) is 0. The van der Waals surface area contributed by atoms with E-state index in [9.17, 15) is 9.59 Å². The summed E-state index contributed by atoms with van der Waals surface area (Å²) in [5.41, 5.74) is 0.640. The van der Waals surface area contributed by atoms with Crippen LogP contribution in [-0.4, -0.2) is 17.0 Å². The van der Waals surface area contributed by atoms with Crippen molar-refractivity contribution in [3.8, 4) is 11.8 Å². The van der Waals surface area contributed by atoms with Gasteiger partial charge in [-0.3, -0.25) is 4.79 Å². The molecule has 0 fully saturated rings. The molecule has 104 valence electrons. The number of rotatable bonds is 2. The van der Waals surface area contributed by atoms with E-state index in [1.807, 2.05) is 6.07 Å². The molecule has 21 heavy (non-hydrogen) atoms. The maximum atomic E-state index is 11.8. The first-order valence-corrected chi connectivity index (χ1v) is 6.35. The lowest BCUT2D eigenvalue weighted by Crippen LogP contribution is -2.13. The molecule has 0 saturated heterocycles.